The zero-order chi connectivity index (χ0) is 18.8. The highest BCUT2D eigenvalue weighted by atomic mass is 32.1. The van der Waals surface area contributed by atoms with Crippen LogP contribution in [0.15, 0.2) is 35.2 Å². The Balaban J connectivity index is 1.64. The predicted octanol–water partition coefficient (Wildman–Crippen LogP) is 2.82. The highest BCUT2D eigenvalue weighted by Gasteiger charge is 2.07. The smallest absolute Gasteiger partial charge is 0.252 e. The largest absolute Gasteiger partial charge is 0.357 e. The number of amides is 2. The third-order valence-electron chi connectivity index (χ3n) is 4.04. The molecule has 2 amide bonds. The van der Waals surface area contributed by atoms with E-state index in [1.807, 2.05) is 22.9 Å². The molecule has 26 heavy (non-hydrogen) atoms. The van der Waals surface area contributed by atoms with Gasteiger partial charge in [0.05, 0.1) is 0 Å². The lowest BCUT2D eigenvalue weighted by molar-refractivity contribution is -0.121. The first-order valence-electron chi connectivity index (χ1n) is 8.91. The molecular formula is C19H26N4O2S. The third-order valence-corrected chi connectivity index (χ3v) is 4.72. The highest BCUT2D eigenvalue weighted by molar-refractivity contribution is 7.08. The monoisotopic (exact) mass is 374 g/mol. The van der Waals surface area contributed by atoms with Gasteiger partial charge in [-0.2, -0.15) is 11.3 Å². The molecule has 0 aromatic carbocycles. The maximum Gasteiger partial charge on any atom is 0.252 e. The van der Waals surface area contributed by atoms with Crippen LogP contribution in [0.25, 0.3) is 0 Å². The Morgan fingerprint density at radius 2 is 1.96 bits per heavy atom. The van der Waals surface area contributed by atoms with Crippen LogP contribution in [0.1, 0.15) is 42.6 Å². The summed E-state index contributed by atoms with van der Waals surface area (Å²) in [5.74, 6) is 0.833. The summed E-state index contributed by atoms with van der Waals surface area (Å²) in [6.07, 6.45) is 2.80. The lowest BCUT2D eigenvalue weighted by Crippen LogP contribution is -2.27. The Morgan fingerprint density at radius 3 is 2.58 bits per heavy atom. The summed E-state index contributed by atoms with van der Waals surface area (Å²) < 4.78 is 0. The molecule has 0 fully saturated rings. The van der Waals surface area contributed by atoms with Gasteiger partial charge >= 0.3 is 0 Å². The fourth-order valence-electron chi connectivity index (χ4n) is 2.49. The van der Waals surface area contributed by atoms with Crippen molar-refractivity contribution in [2.75, 3.05) is 24.5 Å². The molecule has 140 valence electrons. The second kappa shape index (κ2) is 10.6. The summed E-state index contributed by atoms with van der Waals surface area (Å²) in [6.45, 7) is 6.99. The van der Waals surface area contributed by atoms with Gasteiger partial charge in [0.25, 0.3) is 5.91 Å². The second-order valence-electron chi connectivity index (χ2n) is 5.85. The summed E-state index contributed by atoms with van der Waals surface area (Å²) >= 11 is 1.49. The lowest BCUT2D eigenvalue weighted by Gasteiger charge is -2.19. The summed E-state index contributed by atoms with van der Waals surface area (Å²) in [7, 11) is 0. The molecule has 2 aromatic rings. The Hall–Kier alpha value is -2.41. The Morgan fingerprint density at radius 1 is 1.15 bits per heavy atom. The molecule has 0 saturated heterocycles. The van der Waals surface area contributed by atoms with Crippen LogP contribution in [0.5, 0.6) is 0 Å². The molecule has 0 saturated carbocycles. The van der Waals surface area contributed by atoms with Gasteiger partial charge in [0, 0.05) is 49.7 Å². The molecule has 0 unspecified atom stereocenters. The zero-order valence-electron chi connectivity index (χ0n) is 15.3. The normalized spacial score (nSPS) is 10.4. The standard InChI is InChI=1S/C19H26N4O2S/c1-3-23(4-2)17-8-7-15(12-21-17)13-22-18(24)6-5-10-20-19(25)16-9-11-26-14-16/h7-9,11-12,14H,3-6,10,13H2,1-2H3,(H,20,25)(H,22,24). The molecular weight excluding hydrogens is 348 g/mol. The number of nitrogens with zero attached hydrogens (tertiary/aromatic N) is 2. The first-order chi connectivity index (χ1) is 12.6. The Bertz CT molecular complexity index is 682. The molecule has 2 N–H and O–H groups in total. The van der Waals surface area contributed by atoms with E-state index >= 15 is 0 Å². The van der Waals surface area contributed by atoms with Crippen molar-refractivity contribution in [3.8, 4) is 0 Å². The van der Waals surface area contributed by atoms with Crippen LogP contribution in [0.4, 0.5) is 5.82 Å². The van der Waals surface area contributed by atoms with Crippen molar-refractivity contribution in [2.24, 2.45) is 0 Å². The van der Waals surface area contributed by atoms with Gasteiger partial charge < -0.3 is 15.5 Å². The SMILES string of the molecule is CCN(CC)c1ccc(CNC(=O)CCCNC(=O)c2ccsc2)cn1. The van der Waals surface area contributed by atoms with Gasteiger partial charge in [0.15, 0.2) is 0 Å². The van der Waals surface area contributed by atoms with Crippen molar-refractivity contribution in [3.05, 3.63) is 46.3 Å². The molecule has 2 rings (SSSR count). The van der Waals surface area contributed by atoms with Gasteiger partial charge in [-0.15, -0.1) is 0 Å². The van der Waals surface area contributed by atoms with E-state index in [9.17, 15) is 9.59 Å². The van der Waals surface area contributed by atoms with E-state index in [0.717, 1.165) is 24.5 Å². The number of pyridine rings is 1. The molecule has 0 aliphatic heterocycles. The van der Waals surface area contributed by atoms with E-state index in [0.29, 0.717) is 31.5 Å². The van der Waals surface area contributed by atoms with Crippen molar-refractivity contribution in [3.63, 3.8) is 0 Å². The Kier molecular flexibility index (Phi) is 8.08. The number of anilines is 1. The van der Waals surface area contributed by atoms with E-state index in [2.05, 4.69) is 34.4 Å². The molecule has 0 spiro atoms. The van der Waals surface area contributed by atoms with Crippen LogP contribution in [-0.4, -0.2) is 36.4 Å². The minimum Gasteiger partial charge on any atom is -0.357 e. The molecule has 0 radical (unpaired) electrons. The second-order valence-corrected chi connectivity index (χ2v) is 6.63. The molecule has 7 heteroatoms. The van der Waals surface area contributed by atoms with Crippen molar-refractivity contribution in [1.82, 2.24) is 15.6 Å². The maximum absolute atomic E-state index is 11.9. The number of thiophene rings is 1. The third kappa shape index (κ3) is 6.15. The molecule has 0 bridgehead atoms. The van der Waals surface area contributed by atoms with Crippen LogP contribution in [0.2, 0.25) is 0 Å². The van der Waals surface area contributed by atoms with Crippen molar-refractivity contribution in [1.29, 1.82) is 0 Å². The minimum absolute atomic E-state index is 0.0254. The number of hydrogen-bond donors (Lipinski definition) is 2. The van der Waals surface area contributed by atoms with E-state index < -0.39 is 0 Å². The fraction of sp³-hybridized carbons (Fsp3) is 0.421. The quantitative estimate of drug-likeness (QED) is 0.627. The van der Waals surface area contributed by atoms with Crippen LogP contribution in [0, 0.1) is 0 Å². The van der Waals surface area contributed by atoms with Crippen LogP contribution < -0.4 is 15.5 Å². The number of aromatic nitrogens is 1. The molecule has 0 aliphatic rings. The van der Waals surface area contributed by atoms with Crippen molar-refractivity contribution < 1.29 is 9.59 Å². The lowest BCUT2D eigenvalue weighted by atomic mass is 10.2. The summed E-state index contributed by atoms with van der Waals surface area (Å²) in [5.41, 5.74) is 1.64. The molecule has 2 aromatic heterocycles. The number of carbonyl (C=O) groups excluding carboxylic acids is 2. The highest BCUT2D eigenvalue weighted by Crippen LogP contribution is 2.10. The van der Waals surface area contributed by atoms with Gasteiger partial charge in [0.2, 0.25) is 5.91 Å². The number of hydrogen-bond acceptors (Lipinski definition) is 5. The summed E-state index contributed by atoms with van der Waals surface area (Å²) in [5, 5.41) is 9.38. The van der Waals surface area contributed by atoms with Crippen LogP contribution in [-0.2, 0) is 11.3 Å². The molecule has 2 heterocycles. The first kappa shape index (κ1) is 19.9. The summed E-state index contributed by atoms with van der Waals surface area (Å²) in [6, 6.07) is 5.75. The molecule has 6 nitrogen and oxygen atoms in total. The van der Waals surface area contributed by atoms with E-state index in [1.54, 1.807) is 12.3 Å². The van der Waals surface area contributed by atoms with Crippen molar-refractivity contribution in [2.45, 2.75) is 33.2 Å². The molecule has 0 aliphatic carbocycles. The zero-order valence-corrected chi connectivity index (χ0v) is 16.1. The average molecular weight is 375 g/mol. The van der Waals surface area contributed by atoms with Crippen molar-refractivity contribution >= 4 is 29.0 Å². The van der Waals surface area contributed by atoms with Gasteiger partial charge in [-0.25, -0.2) is 4.98 Å². The van der Waals surface area contributed by atoms with E-state index in [-0.39, 0.29) is 11.8 Å². The summed E-state index contributed by atoms with van der Waals surface area (Å²) in [4.78, 5) is 30.3. The Labute approximate surface area is 158 Å². The predicted molar refractivity (Wildman–Crippen MR) is 106 cm³/mol. The minimum atomic E-state index is -0.0916. The maximum atomic E-state index is 11.9. The number of carbonyl (C=O) groups is 2. The number of rotatable bonds is 10. The fourth-order valence-corrected chi connectivity index (χ4v) is 3.13. The molecule has 0 atom stereocenters. The first-order valence-corrected chi connectivity index (χ1v) is 9.85. The van der Waals surface area contributed by atoms with Crippen LogP contribution in [0.3, 0.4) is 0 Å². The van der Waals surface area contributed by atoms with Gasteiger partial charge in [-0.1, -0.05) is 6.07 Å². The van der Waals surface area contributed by atoms with Gasteiger partial charge in [-0.05, 0) is 43.3 Å². The van der Waals surface area contributed by atoms with Crippen LogP contribution >= 0.6 is 11.3 Å². The topological polar surface area (TPSA) is 74.3 Å². The average Bonchev–Trinajstić information content (AvgIpc) is 3.20. The van der Waals surface area contributed by atoms with E-state index in [1.165, 1.54) is 11.3 Å². The van der Waals surface area contributed by atoms with Gasteiger partial charge in [-0.3, -0.25) is 9.59 Å². The number of nitrogens with one attached hydrogen (secondary N) is 2. The van der Waals surface area contributed by atoms with Gasteiger partial charge in [0.1, 0.15) is 5.82 Å². The van der Waals surface area contributed by atoms with E-state index in [4.69, 9.17) is 0 Å².